The summed E-state index contributed by atoms with van der Waals surface area (Å²) in [6, 6.07) is 15.9. The van der Waals surface area contributed by atoms with E-state index in [9.17, 15) is 20.2 Å². The molecule has 0 bridgehead atoms. The first-order chi connectivity index (χ1) is 12.9. The van der Waals surface area contributed by atoms with Crippen molar-refractivity contribution in [1.82, 2.24) is 0 Å². The Morgan fingerprint density at radius 1 is 1.22 bits per heavy atom. The van der Waals surface area contributed by atoms with Gasteiger partial charge in [0.05, 0.1) is 19.1 Å². The molecular formula is C20H17N3O4. The molecule has 0 saturated heterocycles. The first-order valence-corrected chi connectivity index (χ1v) is 8.21. The van der Waals surface area contributed by atoms with Gasteiger partial charge < -0.3 is 10.5 Å². The van der Waals surface area contributed by atoms with Crippen molar-refractivity contribution in [2.24, 2.45) is 11.1 Å². The number of methoxy groups -OCH3 is 1. The number of nitriles is 1. The monoisotopic (exact) mass is 363 g/mol. The van der Waals surface area contributed by atoms with Crippen LogP contribution < -0.4 is 10.5 Å². The minimum Gasteiger partial charge on any atom is -0.497 e. The Bertz CT molecular complexity index is 947. The Balaban J connectivity index is 2.23. The normalized spacial score (nSPS) is 23.9. The molecule has 0 fully saturated rings. The maximum atomic E-state index is 12.3. The van der Waals surface area contributed by atoms with Crippen molar-refractivity contribution in [3.05, 3.63) is 81.9 Å². The molecule has 3 atom stereocenters. The highest BCUT2D eigenvalue weighted by Gasteiger charge is 2.59. The van der Waals surface area contributed by atoms with Gasteiger partial charge in [0.2, 0.25) is 11.9 Å². The average Bonchev–Trinajstić information content (AvgIpc) is 3.06. The highest BCUT2D eigenvalue weighted by molar-refractivity contribution is 5.93. The van der Waals surface area contributed by atoms with Gasteiger partial charge in [0, 0.05) is 10.5 Å². The van der Waals surface area contributed by atoms with Crippen molar-refractivity contribution in [1.29, 1.82) is 5.26 Å². The molecule has 0 spiro atoms. The number of rotatable bonds is 5. The number of nitro groups is 1. The van der Waals surface area contributed by atoms with Crippen molar-refractivity contribution < 1.29 is 14.5 Å². The number of hydrogen-bond donors (Lipinski definition) is 1. The van der Waals surface area contributed by atoms with Crippen LogP contribution in [0.2, 0.25) is 0 Å². The molecule has 3 rings (SSSR count). The molecule has 7 heteroatoms. The minimum atomic E-state index is -1.82. The molecule has 0 heterocycles. The fourth-order valence-electron chi connectivity index (χ4n) is 3.61. The van der Waals surface area contributed by atoms with Gasteiger partial charge in [-0.05, 0) is 29.3 Å². The van der Waals surface area contributed by atoms with E-state index in [-0.39, 0.29) is 0 Å². The number of benzene rings is 2. The fraction of sp³-hybridized carbons (Fsp3) is 0.200. The van der Waals surface area contributed by atoms with E-state index in [1.54, 1.807) is 54.6 Å². The van der Waals surface area contributed by atoms with Crippen molar-refractivity contribution in [2.75, 3.05) is 7.11 Å². The summed E-state index contributed by atoms with van der Waals surface area (Å²) in [7, 11) is 1.50. The van der Waals surface area contributed by atoms with Gasteiger partial charge >= 0.3 is 0 Å². The van der Waals surface area contributed by atoms with Crippen LogP contribution in [0, 0.1) is 26.9 Å². The van der Waals surface area contributed by atoms with Crippen LogP contribution in [0.1, 0.15) is 17.0 Å². The molecule has 1 aliphatic carbocycles. The quantitative estimate of drug-likeness (QED) is 0.646. The van der Waals surface area contributed by atoms with Crippen LogP contribution >= 0.6 is 0 Å². The molecule has 7 nitrogen and oxygen atoms in total. The SMILES string of the molecule is COc1ccc(C2C([N+](=O)[O-])C(c3ccccc3)=CC2(C#N)C(N)=O)cc1. The molecule has 2 N–H and O–H groups in total. The number of amides is 1. The second-order valence-corrected chi connectivity index (χ2v) is 6.29. The van der Waals surface area contributed by atoms with E-state index in [1.807, 2.05) is 6.07 Å². The predicted molar refractivity (Wildman–Crippen MR) is 98.2 cm³/mol. The van der Waals surface area contributed by atoms with Crippen LogP contribution in [0.4, 0.5) is 0 Å². The van der Waals surface area contributed by atoms with Crippen molar-refractivity contribution in [3.63, 3.8) is 0 Å². The van der Waals surface area contributed by atoms with Crippen molar-refractivity contribution in [3.8, 4) is 11.8 Å². The van der Waals surface area contributed by atoms with Gasteiger partial charge in [0.15, 0.2) is 5.41 Å². The molecule has 0 radical (unpaired) electrons. The number of nitrogens with two attached hydrogens (primary N) is 1. The summed E-state index contributed by atoms with van der Waals surface area (Å²) in [6.45, 7) is 0. The van der Waals surface area contributed by atoms with Crippen LogP contribution in [0.25, 0.3) is 5.57 Å². The predicted octanol–water partition coefficient (Wildman–Crippen LogP) is 2.52. The summed E-state index contributed by atoms with van der Waals surface area (Å²) in [5, 5.41) is 21.8. The summed E-state index contributed by atoms with van der Waals surface area (Å²) in [6.07, 6.45) is 1.35. The topological polar surface area (TPSA) is 119 Å². The number of hydrogen-bond acceptors (Lipinski definition) is 5. The van der Waals surface area contributed by atoms with E-state index in [2.05, 4.69) is 0 Å². The van der Waals surface area contributed by atoms with E-state index in [1.165, 1.54) is 13.2 Å². The third-order valence-corrected chi connectivity index (χ3v) is 4.91. The largest absolute Gasteiger partial charge is 0.497 e. The van der Waals surface area contributed by atoms with E-state index in [0.29, 0.717) is 22.4 Å². The molecular weight excluding hydrogens is 346 g/mol. The standard InChI is InChI=1S/C20H17N3O4/c1-27-15-9-7-14(8-10-15)17-18(23(25)26)16(13-5-3-2-4-6-13)11-20(17,12-21)19(22)24/h2-11,17-18H,1H3,(H2,22,24). The molecule has 2 aromatic carbocycles. The lowest BCUT2D eigenvalue weighted by Crippen LogP contribution is -2.42. The second kappa shape index (κ2) is 6.92. The Morgan fingerprint density at radius 2 is 1.85 bits per heavy atom. The Hall–Kier alpha value is -3.66. The van der Waals surface area contributed by atoms with Crippen molar-refractivity contribution in [2.45, 2.75) is 12.0 Å². The molecule has 0 saturated carbocycles. The first kappa shape index (κ1) is 18.1. The molecule has 136 valence electrons. The highest BCUT2D eigenvalue weighted by atomic mass is 16.6. The summed E-state index contributed by atoms with van der Waals surface area (Å²) in [5.74, 6) is -1.40. The van der Waals surface area contributed by atoms with E-state index in [4.69, 9.17) is 10.5 Å². The molecule has 2 aromatic rings. The van der Waals surface area contributed by atoms with Gasteiger partial charge in [0.25, 0.3) is 0 Å². The lowest BCUT2D eigenvalue weighted by Gasteiger charge is -2.26. The van der Waals surface area contributed by atoms with E-state index in [0.717, 1.165) is 0 Å². The molecule has 0 aliphatic heterocycles. The lowest BCUT2D eigenvalue weighted by molar-refractivity contribution is -0.510. The number of ether oxygens (including phenoxy) is 1. The maximum absolute atomic E-state index is 12.3. The van der Waals surface area contributed by atoms with Crippen LogP contribution in [0.5, 0.6) is 5.75 Å². The fourth-order valence-corrected chi connectivity index (χ4v) is 3.61. The Labute approximate surface area is 155 Å². The number of carbonyl (C=O) groups excluding carboxylic acids is 1. The smallest absolute Gasteiger partial charge is 0.247 e. The van der Waals surface area contributed by atoms with Crippen LogP contribution in [0.15, 0.2) is 60.7 Å². The lowest BCUT2D eigenvalue weighted by atomic mass is 9.73. The molecule has 27 heavy (non-hydrogen) atoms. The van der Waals surface area contributed by atoms with Gasteiger partial charge in [-0.2, -0.15) is 5.26 Å². The van der Waals surface area contributed by atoms with Gasteiger partial charge in [0.1, 0.15) is 5.75 Å². The highest BCUT2D eigenvalue weighted by Crippen LogP contribution is 2.51. The minimum absolute atomic E-state index is 0.307. The maximum Gasteiger partial charge on any atom is 0.247 e. The van der Waals surface area contributed by atoms with E-state index < -0.39 is 28.2 Å². The van der Waals surface area contributed by atoms with Gasteiger partial charge in [-0.25, -0.2) is 0 Å². The Morgan fingerprint density at radius 3 is 2.33 bits per heavy atom. The zero-order valence-electron chi connectivity index (χ0n) is 14.5. The summed E-state index contributed by atoms with van der Waals surface area (Å²) >= 11 is 0. The van der Waals surface area contributed by atoms with Crippen LogP contribution in [-0.4, -0.2) is 24.0 Å². The third-order valence-electron chi connectivity index (χ3n) is 4.91. The Kier molecular flexibility index (Phi) is 4.65. The third kappa shape index (κ3) is 2.91. The zero-order chi connectivity index (χ0) is 19.6. The molecule has 1 aliphatic rings. The first-order valence-electron chi connectivity index (χ1n) is 8.21. The molecule has 1 amide bonds. The van der Waals surface area contributed by atoms with Gasteiger partial charge in [-0.1, -0.05) is 42.5 Å². The van der Waals surface area contributed by atoms with Gasteiger partial charge in [-0.3, -0.25) is 14.9 Å². The van der Waals surface area contributed by atoms with Gasteiger partial charge in [-0.15, -0.1) is 0 Å². The molecule has 3 unspecified atom stereocenters. The summed E-state index contributed by atoms with van der Waals surface area (Å²) in [5.41, 5.74) is 5.11. The summed E-state index contributed by atoms with van der Waals surface area (Å²) in [4.78, 5) is 23.8. The summed E-state index contributed by atoms with van der Waals surface area (Å²) < 4.78 is 5.12. The van der Waals surface area contributed by atoms with Crippen LogP contribution in [-0.2, 0) is 4.79 Å². The number of carbonyl (C=O) groups is 1. The van der Waals surface area contributed by atoms with Crippen LogP contribution in [0.3, 0.4) is 0 Å². The van der Waals surface area contributed by atoms with Crippen molar-refractivity contribution >= 4 is 11.5 Å². The second-order valence-electron chi connectivity index (χ2n) is 6.29. The number of nitrogens with zero attached hydrogens (tertiary/aromatic N) is 2. The number of primary amides is 1. The zero-order valence-corrected chi connectivity index (χ0v) is 14.5. The van der Waals surface area contributed by atoms with E-state index >= 15 is 0 Å². The average molecular weight is 363 g/mol. The molecule has 0 aromatic heterocycles.